The van der Waals surface area contributed by atoms with Gasteiger partial charge in [-0.15, -0.1) is 24.8 Å². The quantitative estimate of drug-likeness (QED) is 0.868. The van der Waals surface area contributed by atoms with Crippen molar-refractivity contribution in [3.05, 3.63) is 30.1 Å². The molecule has 1 aromatic heterocycles. The first-order chi connectivity index (χ1) is 7.53. The van der Waals surface area contributed by atoms with Crippen LogP contribution in [0.5, 0.6) is 0 Å². The second-order valence-electron chi connectivity index (χ2n) is 4.46. The summed E-state index contributed by atoms with van der Waals surface area (Å²) in [5.74, 6) is 0.0149. The summed E-state index contributed by atoms with van der Waals surface area (Å²) in [5, 5.41) is 2.88. The van der Waals surface area contributed by atoms with Crippen molar-refractivity contribution in [1.29, 1.82) is 0 Å². The van der Waals surface area contributed by atoms with Gasteiger partial charge in [-0.2, -0.15) is 0 Å². The molecule has 0 bridgehead atoms. The molecule has 0 spiro atoms. The first-order valence-corrected chi connectivity index (χ1v) is 5.44. The highest BCUT2D eigenvalue weighted by molar-refractivity contribution is 5.85. The van der Waals surface area contributed by atoms with Gasteiger partial charge in [0.1, 0.15) is 0 Å². The third-order valence-corrected chi connectivity index (χ3v) is 2.32. The van der Waals surface area contributed by atoms with Crippen LogP contribution in [0.15, 0.2) is 24.4 Å². The van der Waals surface area contributed by atoms with E-state index in [1.807, 2.05) is 32.0 Å². The highest BCUT2D eigenvalue weighted by Crippen LogP contribution is 2.02. The summed E-state index contributed by atoms with van der Waals surface area (Å²) in [7, 11) is 0. The van der Waals surface area contributed by atoms with E-state index < -0.39 is 0 Å². The molecular weight excluding hydrogens is 273 g/mol. The maximum atomic E-state index is 11.6. The maximum Gasteiger partial charge on any atom is 0.220 e. The fraction of sp³-hybridized carbons (Fsp3) is 0.500. The molecule has 3 N–H and O–H groups in total. The van der Waals surface area contributed by atoms with Crippen LogP contribution in [0.1, 0.15) is 26.0 Å². The lowest BCUT2D eigenvalue weighted by atomic mass is 10.1. The van der Waals surface area contributed by atoms with Gasteiger partial charge in [-0.05, 0) is 32.4 Å². The molecular formula is C12H21Cl2N3O. The van der Waals surface area contributed by atoms with E-state index in [-0.39, 0.29) is 36.3 Å². The largest absolute Gasteiger partial charge is 0.350 e. The molecule has 1 aromatic rings. The Kier molecular flexibility index (Phi) is 9.90. The highest BCUT2D eigenvalue weighted by atomic mass is 35.5. The van der Waals surface area contributed by atoms with E-state index in [4.69, 9.17) is 5.73 Å². The Morgan fingerprint density at radius 3 is 2.56 bits per heavy atom. The van der Waals surface area contributed by atoms with Crippen LogP contribution < -0.4 is 11.1 Å². The fourth-order valence-electron chi connectivity index (χ4n) is 1.28. The van der Waals surface area contributed by atoms with Crippen molar-refractivity contribution in [3.8, 4) is 0 Å². The van der Waals surface area contributed by atoms with Gasteiger partial charge in [0, 0.05) is 30.4 Å². The Morgan fingerprint density at radius 2 is 2.06 bits per heavy atom. The molecule has 18 heavy (non-hydrogen) atoms. The van der Waals surface area contributed by atoms with Gasteiger partial charge in [-0.3, -0.25) is 9.78 Å². The molecule has 1 heterocycles. The number of nitrogens with zero attached hydrogens (tertiary/aromatic N) is 1. The van der Waals surface area contributed by atoms with Crippen LogP contribution in [-0.2, 0) is 11.2 Å². The third-order valence-electron chi connectivity index (χ3n) is 2.32. The molecule has 1 amide bonds. The molecule has 0 saturated carbocycles. The normalized spacial score (nSPS) is 9.94. The summed E-state index contributed by atoms with van der Waals surface area (Å²) >= 11 is 0. The maximum absolute atomic E-state index is 11.6. The number of hydrogen-bond acceptors (Lipinski definition) is 3. The van der Waals surface area contributed by atoms with Gasteiger partial charge in [0.15, 0.2) is 0 Å². The number of amides is 1. The first-order valence-electron chi connectivity index (χ1n) is 5.44. The Balaban J connectivity index is 0. The van der Waals surface area contributed by atoms with Crippen molar-refractivity contribution < 1.29 is 4.79 Å². The van der Waals surface area contributed by atoms with Crippen LogP contribution in [0.25, 0.3) is 0 Å². The number of aromatic nitrogens is 1. The molecule has 0 aromatic carbocycles. The van der Waals surface area contributed by atoms with E-state index in [2.05, 4.69) is 10.3 Å². The van der Waals surface area contributed by atoms with Crippen molar-refractivity contribution in [3.63, 3.8) is 0 Å². The van der Waals surface area contributed by atoms with Crippen LogP contribution >= 0.6 is 24.8 Å². The van der Waals surface area contributed by atoms with Crippen molar-refractivity contribution >= 4 is 30.7 Å². The van der Waals surface area contributed by atoms with Crippen LogP contribution in [0.3, 0.4) is 0 Å². The Bertz CT molecular complexity index is 344. The number of pyridine rings is 1. The van der Waals surface area contributed by atoms with E-state index >= 15 is 0 Å². The summed E-state index contributed by atoms with van der Waals surface area (Å²) in [5.41, 5.74) is 6.14. The van der Waals surface area contributed by atoms with Gasteiger partial charge in [-0.1, -0.05) is 6.07 Å². The number of rotatable bonds is 5. The zero-order valence-electron chi connectivity index (χ0n) is 10.7. The molecule has 4 nitrogen and oxygen atoms in total. The van der Waals surface area contributed by atoms with Crippen molar-refractivity contribution in [2.75, 3.05) is 6.54 Å². The van der Waals surface area contributed by atoms with Crippen molar-refractivity contribution in [2.45, 2.75) is 32.2 Å². The van der Waals surface area contributed by atoms with Crippen LogP contribution in [0, 0.1) is 0 Å². The predicted molar refractivity (Wildman–Crippen MR) is 78.3 cm³/mol. The monoisotopic (exact) mass is 293 g/mol. The Morgan fingerprint density at radius 1 is 1.39 bits per heavy atom. The van der Waals surface area contributed by atoms with Gasteiger partial charge in [0.25, 0.3) is 0 Å². The molecule has 1 rings (SSSR count). The molecule has 0 fully saturated rings. The topological polar surface area (TPSA) is 68.0 Å². The fourth-order valence-corrected chi connectivity index (χ4v) is 1.28. The first kappa shape index (κ1) is 19.5. The van der Waals surface area contributed by atoms with Crippen LogP contribution in [-0.4, -0.2) is 23.0 Å². The van der Waals surface area contributed by atoms with E-state index in [0.29, 0.717) is 19.4 Å². The number of carbonyl (C=O) groups is 1. The number of hydrogen-bond donors (Lipinski definition) is 2. The lowest BCUT2D eigenvalue weighted by Crippen LogP contribution is -2.48. The highest BCUT2D eigenvalue weighted by Gasteiger charge is 2.17. The molecule has 0 aliphatic rings. The van der Waals surface area contributed by atoms with Gasteiger partial charge in [0.05, 0.1) is 0 Å². The lowest BCUT2D eigenvalue weighted by Gasteiger charge is -2.24. The average molecular weight is 294 g/mol. The van der Waals surface area contributed by atoms with Crippen LogP contribution in [0.2, 0.25) is 0 Å². The van der Waals surface area contributed by atoms with Crippen molar-refractivity contribution in [1.82, 2.24) is 10.3 Å². The number of nitrogens with two attached hydrogens (primary N) is 1. The van der Waals surface area contributed by atoms with E-state index in [1.54, 1.807) is 6.20 Å². The Labute approximate surface area is 121 Å². The molecule has 0 unspecified atom stereocenters. The minimum absolute atomic E-state index is 0. The minimum Gasteiger partial charge on any atom is -0.350 e. The van der Waals surface area contributed by atoms with Gasteiger partial charge >= 0.3 is 0 Å². The molecule has 0 radical (unpaired) electrons. The average Bonchev–Trinajstić information content (AvgIpc) is 2.27. The molecule has 6 heteroatoms. The lowest BCUT2D eigenvalue weighted by molar-refractivity contribution is -0.122. The second kappa shape index (κ2) is 9.14. The molecule has 104 valence electrons. The van der Waals surface area contributed by atoms with Crippen molar-refractivity contribution in [2.24, 2.45) is 5.73 Å². The SMILES string of the molecule is CC(C)(CN)NC(=O)CCc1ccccn1.Cl.Cl. The molecule has 0 aliphatic carbocycles. The third kappa shape index (κ3) is 7.48. The number of aryl methyl sites for hydroxylation is 1. The number of nitrogens with one attached hydrogen (secondary N) is 1. The minimum atomic E-state index is -0.332. The molecule has 0 atom stereocenters. The zero-order valence-corrected chi connectivity index (χ0v) is 12.3. The predicted octanol–water partition coefficient (Wildman–Crippen LogP) is 1.71. The number of carbonyl (C=O) groups excluding carboxylic acids is 1. The second-order valence-corrected chi connectivity index (χ2v) is 4.46. The zero-order chi connectivity index (χ0) is 12.0. The van der Waals surface area contributed by atoms with Crippen LogP contribution in [0.4, 0.5) is 0 Å². The Hall–Kier alpha value is -0.840. The van der Waals surface area contributed by atoms with Gasteiger partial charge in [0.2, 0.25) is 5.91 Å². The summed E-state index contributed by atoms with van der Waals surface area (Å²) in [6, 6.07) is 5.70. The van der Waals surface area contributed by atoms with Gasteiger partial charge < -0.3 is 11.1 Å². The van der Waals surface area contributed by atoms with E-state index in [1.165, 1.54) is 0 Å². The summed E-state index contributed by atoms with van der Waals surface area (Å²) in [4.78, 5) is 15.8. The standard InChI is InChI=1S/C12H19N3O.2ClH/c1-12(2,9-13)15-11(16)7-6-10-5-3-4-8-14-10;;/h3-5,8H,6-7,9,13H2,1-2H3,(H,15,16);2*1H. The molecule has 0 saturated heterocycles. The smallest absolute Gasteiger partial charge is 0.220 e. The summed E-state index contributed by atoms with van der Waals surface area (Å²) in [6.07, 6.45) is 2.84. The van der Waals surface area contributed by atoms with E-state index in [0.717, 1.165) is 5.69 Å². The molecule has 0 aliphatic heterocycles. The number of halogens is 2. The van der Waals surface area contributed by atoms with Gasteiger partial charge in [-0.25, -0.2) is 0 Å². The van der Waals surface area contributed by atoms with E-state index in [9.17, 15) is 4.79 Å². The summed E-state index contributed by atoms with van der Waals surface area (Å²) < 4.78 is 0. The summed E-state index contributed by atoms with van der Waals surface area (Å²) in [6.45, 7) is 4.25.